The fraction of sp³-hybridized carbons (Fsp3) is 0.0500. The monoisotopic (exact) mass is 360 g/mol. The first-order valence-corrected chi connectivity index (χ1v) is 8.20. The van der Waals surface area contributed by atoms with Gasteiger partial charge in [-0.2, -0.15) is 5.10 Å². The number of pyridine rings is 1. The second-order valence-corrected chi connectivity index (χ2v) is 5.67. The molecule has 7 heteroatoms. The molecular weight excluding hydrogens is 344 g/mol. The van der Waals surface area contributed by atoms with Crippen LogP contribution in [0.4, 0.5) is 5.69 Å². The highest BCUT2D eigenvalue weighted by Gasteiger charge is 2.11. The zero-order valence-corrected chi connectivity index (χ0v) is 14.3. The predicted octanol–water partition coefficient (Wildman–Crippen LogP) is 3.37. The van der Waals surface area contributed by atoms with Gasteiger partial charge in [-0.15, -0.1) is 0 Å². The van der Waals surface area contributed by atoms with Gasteiger partial charge in [0.05, 0.1) is 10.6 Å². The second-order valence-electron chi connectivity index (χ2n) is 5.67. The highest BCUT2D eigenvalue weighted by molar-refractivity contribution is 6.03. The minimum atomic E-state index is -0.514. The number of hydrazone groups is 1. The van der Waals surface area contributed by atoms with Gasteiger partial charge in [-0.25, -0.2) is 5.43 Å². The predicted molar refractivity (Wildman–Crippen MR) is 101 cm³/mol. The SMILES string of the molecule is O=C(NN=C(Cc1ccccn1)c1ccccc1)c1ccc([N+](=O)[O-])cc1. The summed E-state index contributed by atoms with van der Waals surface area (Å²) in [7, 11) is 0. The minimum Gasteiger partial charge on any atom is -0.267 e. The molecule has 0 aliphatic rings. The third-order valence-electron chi connectivity index (χ3n) is 3.81. The number of carbonyl (C=O) groups excluding carboxylic acids is 1. The molecule has 3 rings (SSSR count). The van der Waals surface area contributed by atoms with Gasteiger partial charge in [0, 0.05) is 36.0 Å². The molecule has 0 saturated carbocycles. The molecular formula is C20H16N4O3. The summed E-state index contributed by atoms with van der Waals surface area (Å²) in [6, 6.07) is 20.4. The van der Waals surface area contributed by atoms with Crippen LogP contribution in [0, 0.1) is 10.1 Å². The molecule has 0 aliphatic heterocycles. The van der Waals surface area contributed by atoms with Crippen LogP contribution in [-0.4, -0.2) is 21.5 Å². The van der Waals surface area contributed by atoms with Crippen LogP contribution in [0.15, 0.2) is 84.1 Å². The number of nitrogens with zero attached hydrogens (tertiary/aromatic N) is 3. The summed E-state index contributed by atoms with van der Waals surface area (Å²) in [5, 5.41) is 15.0. The summed E-state index contributed by atoms with van der Waals surface area (Å²) >= 11 is 0. The quantitative estimate of drug-likeness (QED) is 0.414. The van der Waals surface area contributed by atoms with E-state index in [0.29, 0.717) is 12.1 Å². The average Bonchev–Trinajstić information content (AvgIpc) is 2.72. The van der Waals surface area contributed by atoms with Crippen molar-refractivity contribution in [3.8, 4) is 0 Å². The van der Waals surface area contributed by atoms with Crippen molar-refractivity contribution in [1.82, 2.24) is 10.4 Å². The highest BCUT2D eigenvalue weighted by atomic mass is 16.6. The molecule has 0 atom stereocenters. The van der Waals surface area contributed by atoms with Crippen LogP contribution in [0.2, 0.25) is 0 Å². The van der Waals surface area contributed by atoms with Crippen LogP contribution in [0.5, 0.6) is 0 Å². The maximum atomic E-state index is 12.3. The van der Waals surface area contributed by atoms with E-state index in [0.717, 1.165) is 11.3 Å². The smallest absolute Gasteiger partial charge is 0.267 e. The molecule has 0 unspecified atom stereocenters. The molecule has 0 fully saturated rings. The van der Waals surface area contributed by atoms with Gasteiger partial charge >= 0.3 is 0 Å². The molecule has 1 amide bonds. The van der Waals surface area contributed by atoms with Crippen molar-refractivity contribution in [2.75, 3.05) is 0 Å². The molecule has 1 N–H and O–H groups in total. The standard InChI is InChI=1S/C20H16N4O3/c25-20(16-9-11-18(12-10-16)24(26)27)23-22-19(15-6-2-1-3-7-15)14-17-8-4-5-13-21-17/h1-13H,14H2,(H,23,25). The lowest BCUT2D eigenvalue weighted by Crippen LogP contribution is -2.21. The Morgan fingerprint density at radius 1 is 0.963 bits per heavy atom. The van der Waals surface area contributed by atoms with E-state index in [-0.39, 0.29) is 11.3 Å². The number of hydrogen-bond acceptors (Lipinski definition) is 5. The Morgan fingerprint density at radius 3 is 2.30 bits per heavy atom. The Hall–Kier alpha value is -3.87. The number of non-ortho nitro benzene ring substituents is 1. The zero-order chi connectivity index (χ0) is 19.1. The van der Waals surface area contributed by atoms with Gasteiger partial charge in [-0.3, -0.25) is 19.9 Å². The number of nitro groups is 1. The van der Waals surface area contributed by atoms with Crippen LogP contribution in [0.25, 0.3) is 0 Å². The van der Waals surface area contributed by atoms with Gasteiger partial charge in [-0.1, -0.05) is 36.4 Å². The molecule has 1 aromatic heterocycles. The van der Waals surface area contributed by atoms with Crippen molar-refractivity contribution in [3.63, 3.8) is 0 Å². The van der Waals surface area contributed by atoms with Crippen LogP contribution < -0.4 is 5.43 Å². The average molecular weight is 360 g/mol. The van der Waals surface area contributed by atoms with Crippen molar-refractivity contribution < 1.29 is 9.72 Å². The normalized spacial score (nSPS) is 11.0. The number of rotatable bonds is 6. The number of benzene rings is 2. The molecule has 3 aromatic rings. The van der Waals surface area contributed by atoms with Gasteiger partial charge in [0.2, 0.25) is 0 Å². The molecule has 7 nitrogen and oxygen atoms in total. The lowest BCUT2D eigenvalue weighted by molar-refractivity contribution is -0.384. The molecule has 27 heavy (non-hydrogen) atoms. The molecule has 134 valence electrons. The van der Waals surface area contributed by atoms with E-state index < -0.39 is 10.8 Å². The first kappa shape index (κ1) is 17.9. The maximum absolute atomic E-state index is 12.3. The summed E-state index contributed by atoms with van der Waals surface area (Å²) in [4.78, 5) is 26.8. The number of amides is 1. The van der Waals surface area contributed by atoms with Crippen molar-refractivity contribution in [2.45, 2.75) is 6.42 Å². The van der Waals surface area contributed by atoms with Crippen molar-refractivity contribution in [3.05, 3.63) is 106 Å². The highest BCUT2D eigenvalue weighted by Crippen LogP contribution is 2.12. The van der Waals surface area contributed by atoms with Gasteiger partial charge in [0.25, 0.3) is 11.6 Å². The van der Waals surface area contributed by atoms with Gasteiger partial charge < -0.3 is 0 Å². The van der Waals surface area contributed by atoms with Crippen LogP contribution >= 0.6 is 0 Å². The Balaban J connectivity index is 1.80. The summed E-state index contributed by atoms with van der Waals surface area (Å²) in [6.07, 6.45) is 2.15. The number of nitrogens with one attached hydrogen (secondary N) is 1. The van der Waals surface area contributed by atoms with Crippen molar-refractivity contribution >= 4 is 17.3 Å². The van der Waals surface area contributed by atoms with Gasteiger partial charge in [-0.05, 0) is 29.8 Å². The van der Waals surface area contributed by atoms with Crippen LogP contribution in [0.1, 0.15) is 21.6 Å². The fourth-order valence-corrected chi connectivity index (χ4v) is 2.43. The number of carbonyl (C=O) groups is 1. The van der Waals surface area contributed by atoms with E-state index in [1.165, 1.54) is 24.3 Å². The number of hydrogen-bond donors (Lipinski definition) is 1. The lowest BCUT2D eigenvalue weighted by atomic mass is 10.1. The largest absolute Gasteiger partial charge is 0.271 e. The fourth-order valence-electron chi connectivity index (χ4n) is 2.43. The molecule has 0 bridgehead atoms. The van der Waals surface area contributed by atoms with E-state index in [1.54, 1.807) is 6.20 Å². The van der Waals surface area contributed by atoms with E-state index in [1.807, 2.05) is 48.5 Å². The molecule has 0 saturated heterocycles. The summed E-state index contributed by atoms with van der Waals surface area (Å²) in [5.74, 6) is -0.445. The zero-order valence-electron chi connectivity index (χ0n) is 14.3. The maximum Gasteiger partial charge on any atom is 0.271 e. The molecule has 0 radical (unpaired) electrons. The second kappa shape index (κ2) is 8.48. The number of aromatic nitrogens is 1. The summed E-state index contributed by atoms with van der Waals surface area (Å²) < 4.78 is 0. The van der Waals surface area contributed by atoms with Crippen molar-refractivity contribution in [1.29, 1.82) is 0 Å². The van der Waals surface area contributed by atoms with E-state index in [9.17, 15) is 14.9 Å². The molecule has 0 spiro atoms. The van der Waals surface area contributed by atoms with Gasteiger partial charge in [0.15, 0.2) is 0 Å². The summed E-state index contributed by atoms with van der Waals surface area (Å²) in [5.41, 5.74) is 5.08. The van der Waals surface area contributed by atoms with Crippen molar-refractivity contribution in [2.24, 2.45) is 5.10 Å². The van der Waals surface area contributed by atoms with Gasteiger partial charge in [0.1, 0.15) is 0 Å². The van der Waals surface area contributed by atoms with Crippen LogP contribution in [-0.2, 0) is 6.42 Å². The third kappa shape index (κ3) is 4.82. The third-order valence-corrected chi connectivity index (χ3v) is 3.81. The Bertz CT molecular complexity index is 956. The van der Waals surface area contributed by atoms with E-state index in [2.05, 4.69) is 15.5 Å². The minimum absolute atomic E-state index is 0.0739. The molecule has 1 heterocycles. The first-order valence-electron chi connectivity index (χ1n) is 8.20. The lowest BCUT2D eigenvalue weighted by Gasteiger charge is -2.07. The number of nitro benzene ring substituents is 1. The van der Waals surface area contributed by atoms with E-state index >= 15 is 0 Å². The topological polar surface area (TPSA) is 97.5 Å². The first-order chi connectivity index (χ1) is 13.1. The van der Waals surface area contributed by atoms with E-state index in [4.69, 9.17) is 0 Å². The summed E-state index contributed by atoms with van der Waals surface area (Å²) in [6.45, 7) is 0. The molecule has 2 aromatic carbocycles. The Morgan fingerprint density at radius 2 is 1.67 bits per heavy atom. The molecule has 0 aliphatic carbocycles. The Labute approximate surface area is 155 Å². The Kier molecular flexibility index (Phi) is 5.64. The van der Waals surface area contributed by atoms with Crippen LogP contribution in [0.3, 0.4) is 0 Å².